The summed E-state index contributed by atoms with van der Waals surface area (Å²) >= 11 is 0. The molecule has 0 fully saturated rings. The van der Waals surface area contributed by atoms with Crippen molar-refractivity contribution >= 4 is 39.5 Å². The number of esters is 4. The zero-order valence-electron chi connectivity index (χ0n) is 67.7. The number of phosphoric ester groups is 2. The van der Waals surface area contributed by atoms with E-state index in [2.05, 4.69) is 58.9 Å². The van der Waals surface area contributed by atoms with Crippen LogP contribution in [0.2, 0.25) is 0 Å². The number of aliphatic hydroxyl groups excluding tert-OH is 1. The van der Waals surface area contributed by atoms with Gasteiger partial charge in [0.1, 0.15) is 19.3 Å². The number of unbranched alkanes of at least 4 members (excludes halogenated alkanes) is 52. The van der Waals surface area contributed by atoms with Crippen LogP contribution in [-0.2, 0) is 65.4 Å². The van der Waals surface area contributed by atoms with Crippen LogP contribution in [0.3, 0.4) is 0 Å². The molecule has 0 heterocycles. The van der Waals surface area contributed by atoms with Crippen LogP contribution in [0, 0.1) is 5.92 Å². The number of ether oxygens (including phenoxy) is 4. The van der Waals surface area contributed by atoms with Gasteiger partial charge < -0.3 is 33.8 Å². The monoisotopic (exact) mass is 1520 g/mol. The molecule has 0 aliphatic rings. The van der Waals surface area contributed by atoms with Gasteiger partial charge in [-0.2, -0.15) is 0 Å². The molecule has 0 spiro atoms. The van der Waals surface area contributed by atoms with Gasteiger partial charge in [-0.3, -0.25) is 37.3 Å². The van der Waals surface area contributed by atoms with E-state index in [0.29, 0.717) is 25.7 Å². The predicted molar refractivity (Wildman–Crippen MR) is 428 cm³/mol. The minimum Gasteiger partial charge on any atom is -0.462 e. The average Bonchev–Trinajstić information content (AvgIpc) is 0.908. The van der Waals surface area contributed by atoms with Crippen molar-refractivity contribution in [2.24, 2.45) is 5.92 Å². The van der Waals surface area contributed by atoms with E-state index in [1.165, 1.54) is 244 Å². The SMILES string of the molecule is CCCCCC/C=C\C=C/CCCCCCCC(=O)O[C@H](COC(=O)CCCCCCCCCCC)COP(=O)(O)OC[C@H](O)COP(=O)(O)OC[C@@H](COC(=O)CCCCCCCCCCCCCCCCCCC(C)C)OC(=O)CCCCCCCCCCCCCCCCCCCCCCC. The number of aliphatic hydroxyl groups is 1. The zero-order chi connectivity index (χ0) is 76.2. The number of carbonyl (C=O) groups excluding carboxylic acids is 4. The van der Waals surface area contributed by atoms with E-state index in [4.69, 9.17) is 37.0 Å². The maximum atomic E-state index is 13.1. The van der Waals surface area contributed by atoms with Gasteiger partial charge >= 0.3 is 39.5 Å². The fraction of sp³-hybridized carbons (Fsp3) is 0.906. The number of hydrogen-bond acceptors (Lipinski definition) is 15. The van der Waals surface area contributed by atoms with Gasteiger partial charge in [0, 0.05) is 25.7 Å². The summed E-state index contributed by atoms with van der Waals surface area (Å²) < 4.78 is 68.7. The van der Waals surface area contributed by atoms with E-state index in [1.807, 2.05) is 0 Å². The Hall–Kier alpha value is -2.46. The van der Waals surface area contributed by atoms with Crippen molar-refractivity contribution in [1.29, 1.82) is 0 Å². The minimum atomic E-state index is -4.97. The molecule has 0 aromatic carbocycles. The summed E-state index contributed by atoms with van der Waals surface area (Å²) in [6.45, 7) is 7.30. The summed E-state index contributed by atoms with van der Waals surface area (Å²) in [5.74, 6) is -1.32. The Morgan fingerprint density at radius 3 is 0.788 bits per heavy atom. The van der Waals surface area contributed by atoms with Crippen molar-refractivity contribution in [3.05, 3.63) is 24.3 Å². The zero-order valence-corrected chi connectivity index (χ0v) is 69.4. The Bertz CT molecular complexity index is 2070. The van der Waals surface area contributed by atoms with Gasteiger partial charge in [0.05, 0.1) is 26.4 Å². The molecule has 5 atom stereocenters. The molecule has 0 radical (unpaired) electrons. The van der Waals surface area contributed by atoms with Crippen LogP contribution >= 0.6 is 15.6 Å². The van der Waals surface area contributed by atoms with Gasteiger partial charge in [0.25, 0.3) is 0 Å². The van der Waals surface area contributed by atoms with Crippen molar-refractivity contribution < 1.29 is 80.2 Å². The van der Waals surface area contributed by atoms with Crippen molar-refractivity contribution in [1.82, 2.24) is 0 Å². The highest BCUT2D eigenvalue weighted by Crippen LogP contribution is 2.45. The summed E-state index contributed by atoms with van der Waals surface area (Å²) in [6.07, 6.45) is 73.1. The van der Waals surface area contributed by atoms with E-state index in [0.717, 1.165) is 109 Å². The molecule has 3 N–H and O–H groups in total. The van der Waals surface area contributed by atoms with E-state index < -0.39 is 97.5 Å². The van der Waals surface area contributed by atoms with Crippen LogP contribution in [0.25, 0.3) is 0 Å². The maximum Gasteiger partial charge on any atom is 0.472 e. The molecule has 17 nitrogen and oxygen atoms in total. The summed E-state index contributed by atoms with van der Waals surface area (Å²) in [4.78, 5) is 73.1. The Morgan fingerprint density at radius 1 is 0.298 bits per heavy atom. The molecule has 0 saturated heterocycles. The van der Waals surface area contributed by atoms with Crippen molar-refractivity contribution in [3.8, 4) is 0 Å². The lowest BCUT2D eigenvalue weighted by molar-refractivity contribution is -0.161. The van der Waals surface area contributed by atoms with Gasteiger partial charge in [-0.25, -0.2) is 9.13 Å². The van der Waals surface area contributed by atoms with Crippen molar-refractivity contribution in [3.63, 3.8) is 0 Å². The molecule has 19 heteroatoms. The Morgan fingerprint density at radius 2 is 0.519 bits per heavy atom. The van der Waals surface area contributed by atoms with Crippen LogP contribution in [0.15, 0.2) is 24.3 Å². The van der Waals surface area contributed by atoms with E-state index in [1.54, 1.807) is 0 Å². The first kappa shape index (κ1) is 102. The Kier molecular flexibility index (Phi) is 75.4. The van der Waals surface area contributed by atoms with Gasteiger partial charge in [-0.15, -0.1) is 0 Å². The molecule has 614 valence electrons. The van der Waals surface area contributed by atoms with Gasteiger partial charge in [-0.05, 0) is 57.3 Å². The third kappa shape index (κ3) is 77.7. The normalized spacial score (nSPS) is 13.9. The molecule has 0 aromatic heterocycles. The molecule has 104 heavy (non-hydrogen) atoms. The van der Waals surface area contributed by atoms with E-state index >= 15 is 0 Å². The second-order valence-corrected chi connectivity index (χ2v) is 33.3. The first-order valence-electron chi connectivity index (χ1n) is 43.5. The molecule has 0 bridgehead atoms. The van der Waals surface area contributed by atoms with E-state index in [-0.39, 0.29) is 25.7 Å². The van der Waals surface area contributed by atoms with Crippen molar-refractivity contribution in [2.45, 2.75) is 451 Å². The summed E-state index contributed by atoms with van der Waals surface area (Å²) in [7, 11) is -9.93. The molecule has 2 unspecified atom stereocenters. The summed E-state index contributed by atoms with van der Waals surface area (Å²) in [5, 5.41) is 10.7. The topological polar surface area (TPSA) is 237 Å². The number of rotatable bonds is 83. The molecule has 0 aliphatic heterocycles. The predicted octanol–water partition coefficient (Wildman–Crippen LogP) is 25.5. The molecular weight excluding hydrogens is 1350 g/mol. The lowest BCUT2D eigenvalue weighted by Crippen LogP contribution is -2.30. The minimum absolute atomic E-state index is 0.0855. The van der Waals surface area contributed by atoms with Gasteiger partial charge in [0.15, 0.2) is 12.2 Å². The van der Waals surface area contributed by atoms with Crippen LogP contribution in [0.1, 0.15) is 433 Å². The lowest BCUT2D eigenvalue weighted by Gasteiger charge is -2.21. The third-order valence-electron chi connectivity index (χ3n) is 19.4. The number of phosphoric acid groups is 2. The van der Waals surface area contributed by atoms with E-state index in [9.17, 15) is 43.2 Å². The van der Waals surface area contributed by atoms with Gasteiger partial charge in [0.2, 0.25) is 0 Å². The summed E-state index contributed by atoms with van der Waals surface area (Å²) in [6, 6.07) is 0. The van der Waals surface area contributed by atoms with Crippen LogP contribution in [0.5, 0.6) is 0 Å². The lowest BCUT2D eigenvalue weighted by atomic mass is 10.0. The summed E-state index contributed by atoms with van der Waals surface area (Å²) in [5.41, 5.74) is 0. The maximum absolute atomic E-state index is 13.1. The smallest absolute Gasteiger partial charge is 0.462 e. The quantitative estimate of drug-likeness (QED) is 0.0169. The molecule has 0 saturated carbocycles. The highest BCUT2D eigenvalue weighted by atomic mass is 31.2. The Balaban J connectivity index is 5.23. The van der Waals surface area contributed by atoms with Crippen LogP contribution < -0.4 is 0 Å². The number of allylic oxidation sites excluding steroid dienone is 4. The van der Waals surface area contributed by atoms with Crippen LogP contribution in [0.4, 0.5) is 0 Å². The third-order valence-corrected chi connectivity index (χ3v) is 21.3. The molecule has 0 rings (SSSR count). The van der Waals surface area contributed by atoms with Gasteiger partial charge in [-0.1, -0.05) is 380 Å². The first-order valence-corrected chi connectivity index (χ1v) is 46.4. The highest BCUT2D eigenvalue weighted by Gasteiger charge is 2.30. The number of hydrogen-bond donors (Lipinski definition) is 3. The molecule has 0 amide bonds. The fourth-order valence-electron chi connectivity index (χ4n) is 12.8. The Labute approximate surface area is 637 Å². The standard InChI is InChI=1S/C85H162O17P2/c1-6-9-12-15-18-21-23-25-27-28-29-30-31-32-38-42-46-51-56-61-66-71-85(90)102-81(75-96-83(88)69-64-59-54-49-44-40-37-34-33-36-39-43-48-52-57-62-67-78(4)5)77-100-104(93,94)98-73-79(86)72-97-103(91,92)99-76-80(74-95-82(87)68-63-58-53-47-20-17-14-11-8-3)101-84(89)70-65-60-55-50-45-41-35-26-24-22-19-16-13-10-7-2/h22,24,26,35,78-81,86H,6-21,23,25,27-34,36-77H2,1-5H3,(H,91,92)(H,93,94)/b24-22-,35-26-/t79-,80+,81+/m0/s1. The molecule has 0 aromatic rings. The second kappa shape index (κ2) is 77.3. The molecular formula is C85H162O17P2. The highest BCUT2D eigenvalue weighted by molar-refractivity contribution is 7.47. The fourth-order valence-corrected chi connectivity index (χ4v) is 14.3. The molecule has 0 aliphatic carbocycles. The van der Waals surface area contributed by atoms with Crippen molar-refractivity contribution in [2.75, 3.05) is 39.6 Å². The average molecular weight is 1520 g/mol. The first-order chi connectivity index (χ1) is 50.5. The largest absolute Gasteiger partial charge is 0.472 e. The number of carbonyl (C=O) groups is 4. The van der Waals surface area contributed by atoms with Crippen LogP contribution in [-0.4, -0.2) is 96.7 Å². The second-order valence-electron chi connectivity index (χ2n) is 30.4.